The Morgan fingerprint density at radius 1 is 1.37 bits per heavy atom. The number of nitrogens with two attached hydrogens (primary N) is 1. The topological polar surface area (TPSA) is 76.7 Å². The molecule has 1 aliphatic heterocycles. The molecule has 0 saturated carbocycles. The number of fused-ring (bicyclic) bond motifs is 1. The van der Waals surface area contributed by atoms with Crippen LogP contribution >= 0.6 is 11.6 Å². The summed E-state index contributed by atoms with van der Waals surface area (Å²) in [6, 6.07) is 0. The number of aliphatic imine (C=N–C) groups is 1. The number of amides is 1. The third-order valence-corrected chi connectivity index (χ3v) is 3.49. The smallest absolute Gasteiger partial charge is 0.262 e. The summed E-state index contributed by atoms with van der Waals surface area (Å²) in [7, 11) is 0. The molecule has 0 radical (unpaired) electrons. The second-order valence-electron chi connectivity index (χ2n) is 4.50. The maximum Gasteiger partial charge on any atom is 0.262 e. The summed E-state index contributed by atoms with van der Waals surface area (Å²) in [4.78, 5) is 15.8. The zero-order chi connectivity index (χ0) is 14.2. The van der Waals surface area contributed by atoms with Crippen molar-refractivity contribution >= 4 is 34.7 Å². The van der Waals surface area contributed by atoms with Gasteiger partial charge in [0, 0.05) is 5.56 Å². The number of ether oxygens (including phenoxy) is 1. The maximum absolute atomic E-state index is 11.4. The largest absolute Gasteiger partial charge is 0.481 e. The molecular weight excluding hydrogens is 266 g/mol. The van der Waals surface area contributed by atoms with Gasteiger partial charge in [-0.15, -0.1) is 11.6 Å². The van der Waals surface area contributed by atoms with Crippen LogP contribution < -0.4 is 15.8 Å². The lowest BCUT2D eigenvalue weighted by atomic mass is 9.99. The molecule has 0 aromatic heterocycles. The molecule has 6 heteroatoms. The van der Waals surface area contributed by atoms with Crippen molar-refractivity contribution in [2.75, 3.05) is 17.8 Å². The molecule has 1 aromatic rings. The Labute approximate surface area is 116 Å². The molecule has 1 aliphatic rings. The van der Waals surface area contributed by atoms with Crippen LogP contribution in [0.1, 0.15) is 16.7 Å². The quantitative estimate of drug-likeness (QED) is 0.495. The number of hydrogen-bond acceptors (Lipinski definition) is 3. The van der Waals surface area contributed by atoms with Gasteiger partial charge in [0.1, 0.15) is 11.6 Å². The van der Waals surface area contributed by atoms with E-state index in [1.807, 2.05) is 20.8 Å². The summed E-state index contributed by atoms with van der Waals surface area (Å²) in [5.41, 5.74) is 9.85. The molecule has 5 nitrogen and oxygen atoms in total. The van der Waals surface area contributed by atoms with Gasteiger partial charge in [-0.25, -0.2) is 4.99 Å². The number of anilines is 1. The molecule has 1 heterocycles. The molecule has 1 aromatic carbocycles. The van der Waals surface area contributed by atoms with Crippen LogP contribution in [0.25, 0.3) is 0 Å². The number of rotatable bonds is 2. The number of nitrogens with zero attached hydrogens (tertiary/aromatic N) is 1. The molecule has 0 atom stereocenters. The summed E-state index contributed by atoms with van der Waals surface area (Å²) in [6.45, 7) is 5.80. The Bertz CT molecular complexity index is 582. The van der Waals surface area contributed by atoms with Gasteiger partial charge >= 0.3 is 0 Å². The van der Waals surface area contributed by atoms with Crippen molar-refractivity contribution in [3.8, 4) is 5.75 Å². The van der Waals surface area contributed by atoms with Crippen LogP contribution in [0, 0.1) is 20.8 Å². The van der Waals surface area contributed by atoms with Gasteiger partial charge < -0.3 is 15.8 Å². The first-order valence-electron chi connectivity index (χ1n) is 5.91. The molecule has 0 bridgehead atoms. The predicted octanol–water partition coefficient (Wildman–Crippen LogP) is 2.17. The van der Waals surface area contributed by atoms with Gasteiger partial charge in [-0.3, -0.25) is 4.79 Å². The first kappa shape index (κ1) is 13.7. The minimum Gasteiger partial charge on any atom is -0.481 e. The zero-order valence-corrected chi connectivity index (χ0v) is 11.9. The number of amidine groups is 1. The average Bonchev–Trinajstić information content (AvgIpc) is 2.40. The minimum absolute atomic E-state index is 0.0408. The molecule has 0 spiro atoms. The van der Waals surface area contributed by atoms with Crippen LogP contribution in [0.3, 0.4) is 0 Å². The highest BCUT2D eigenvalue weighted by molar-refractivity contribution is 6.28. The highest BCUT2D eigenvalue weighted by Crippen LogP contribution is 2.42. The fraction of sp³-hybridized carbons (Fsp3) is 0.385. The monoisotopic (exact) mass is 281 g/mol. The number of carbonyl (C=O) groups is 1. The third-order valence-electron chi connectivity index (χ3n) is 3.22. The molecule has 1 amide bonds. The van der Waals surface area contributed by atoms with Crippen molar-refractivity contribution in [3.63, 3.8) is 0 Å². The van der Waals surface area contributed by atoms with Crippen molar-refractivity contribution in [2.45, 2.75) is 20.8 Å². The van der Waals surface area contributed by atoms with Crippen molar-refractivity contribution in [3.05, 3.63) is 16.7 Å². The summed E-state index contributed by atoms with van der Waals surface area (Å²) in [5.74, 6) is 1.05. The van der Waals surface area contributed by atoms with E-state index < -0.39 is 0 Å². The second kappa shape index (κ2) is 5.09. The van der Waals surface area contributed by atoms with Gasteiger partial charge in [0.25, 0.3) is 5.91 Å². The molecule has 0 fully saturated rings. The first-order valence-corrected chi connectivity index (χ1v) is 6.44. The van der Waals surface area contributed by atoms with Gasteiger partial charge in [-0.1, -0.05) is 0 Å². The number of alkyl halides is 1. The van der Waals surface area contributed by atoms with E-state index in [1.54, 1.807) is 0 Å². The van der Waals surface area contributed by atoms with Crippen molar-refractivity contribution in [1.82, 2.24) is 0 Å². The Morgan fingerprint density at radius 2 is 2.05 bits per heavy atom. The molecule has 2 rings (SSSR count). The number of nitrogens with one attached hydrogen (secondary N) is 1. The lowest BCUT2D eigenvalue weighted by Crippen LogP contribution is -2.27. The summed E-state index contributed by atoms with van der Waals surface area (Å²) < 4.78 is 5.50. The van der Waals surface area contributed by atoms with E-state index in [9.17, 15) is 4.79 Å². The van der Waals surface area contributed by atoms with Crippen molar-refractivity contribution in [1.29, 1.82) is 0 Å². The zero-order valence-electron chi connectivity index (χ0n) is 11.1. The molecule has 0 aliphatic carbocycles. The molecular formula is C13H16ClN3O2. The highest BCUT2D eigenvalue weighted by Gasteiger charge is 2.24. The average molecular weight is 282 g/mol. The van der Waals surface area contributed by atoms with Crippen LogP contribution in [-0.4, -0.2) is 24.2 Å². The standard InChI is InChI=1S/C13H16ClN3O2/c1-6-7(2)13-12(17-10(18)5-19-13)8(3)11(6)16-9(15)4-14/h4-5H2,1-3H3,(H2,15,16)(H,17,18). The summed E-state index contributed by atoms with van der Waals surface area (Å²) in [5, 5.41) is 2.82. The van der Waals surface area contributed by atoms with E-state index in [2.05, 4.69) is 10.3 Å². The van der Waals surface area contributed by atoms with Gasteiger partial charge in [0.2, 0.25) is 0 Å². The predicted molar refractivity (Wildman–Crippen MR) is 76.8 cm³/mol. The molecule has 0 unspecified atom stereocenters. The van der Waals surface area contributed by atoms with E-state index in [1.165, 1.54) is 0 Å². The van der Waals surface area contributed by atoms with Crippen molar-refractivity contribution in [2.24, 2.45) is 10.7 Å². The molecule has 19 heavy (non-hydrogen) atoms. The Hall–Kier alpha value is -1.75. The summed E-state index contributed by atoms with van der Waals surface area (Å²) in [6.07, 6.45) is 0. The highest BCUT2D eigenvalue weighted by atomic mass is 35.5. The van der Waals surface area contributed by atoms with Gasteiger partial charge in [0.15, 0.2) is 6.61 Å². The number of benzene rings is 1. The summed E-state index contributed by atoms with van der Waals surface area (Å²) >= 11 is 5.66. The third kappa shape index (κ3) is 2.38. The number of halogens is 1. The van der Waals surface area contributed by atoms with Gasteiger partial charge in [0.05, 0.1) is 17.3 Å². The van der Waals surface area contributed by atoms with Gasteiger partial charge in [-0.05, 0) is 31.9 Å². The number of hydrogen-bond donors (Lipinski definition) is 2. The fourth-order valence-electron chi connectivity index (χ4n) is 2.09. The second-order valence-corrected chi connectivity index (χ2v) is 4.77. The Balaban J connectivity index is 2.67. The van der Waals surface area contributed by atoms with Crippen LogP contribution in [0.5, 0.6) is 5.75 Å². The Morgan fingerprint density at radius 3 is 2.68 bits per heavy atom. The van der Waals surface area contributed by atoms with E-state index in [-0.39, 0.29) is 18.4 Å². The van der Waals surface area contributed by atoms with Crippen LogP contribution in [0.2, 0.25) is 0 Å². The lowest BCUT2D eigenvalue weighted by Gasteiger charge is -2.24. The Kier molecular flexibility index (Phi) is 3.66. The van der Waals surface area contributed by atoms with Crippen LogP contribution in [0.4, 0.5) is 11.4 Å². The normalized spacial score (nSPS) is 14.7. The first-order chi connectivity index (χ1) is 8.95. The number of carbonyl (C=O) groups excluding carboxylic acids is 1. The molecule has 102 valence electrons. The minimum atomic E-state index is -0.168. The van der Waals surface area contributed by atoms with E-state index in [4.69, 9.17) is 22.1 Å². The van der Waals surface area contributed by atoms with E-state index >= 15 is 0 Å². The van der Waals surface area contributed by atoms with Gasteiger partial charge in [-0.2, -0.15) is 0 Å². The van der Waals surface area contributed by atoms with Crippen molar-refractivity contribution < 1.29 is 9.53 Å². The van der Waals surface area contributed by atoms with E-state index in [0.717, 1.165) is 22.4 Å². The molecule has 0 saturated heterocycles. The fourth-order valence-corrected chi connectivity index (χ4v) is 2.15. The lowest BCUT2D eigenvalue weighted by molar-refractivity contribution is -0.118. The SMILES string of the molecule is Cc1c(C)c2c(c(C)c1N=C(N)CCl)NC(=O)CO2. The maximum atomic E-state index is 11.4. The van der Waals surface area contributed by atoms with Crippen LogP contribution in [0.15, 0.2) is 4.99 Å². The van der Waals surface area contributed by atoms with Crippen LogP contribution in [-0.2, 0) is 4.79 Å². The molecule has 3 N–H and O–H groups in total. The van der Waals surface area contributed by atoms with E-state index in [0.29, 0.717) is 17.3 Å².